The van der Waals surface area contributed by atoms with Crippen LogP contribution in [-0.2, 0) is 26.3 Å². The van der Waals surface area contributed by atoms with Gasteiger partial charge in [-0.25, -0.2) is 16.8 Å². The highest BCUT2D eigenvalue weighted by Gasteiger charge is 2.36. The molecule has 3 N–H and O–H groups in total. The lowest BCUT2D eigenvalue weighted by Crippen LogP contribution is -2.31. The number of aryl methyl sites for hydroxylation is 1. The molecule has 1 fully saturated rings. The fourth-order valence-corrected chi connectivity index (χ4v) is 5.73. The molecule has 0 radical (unpaired) electrons. The highest BCUT2D eigenvalue weighted by molar-refractivity contribution is 7.92. The second kappa shape index (κ2) is 7.49. The van der Waals surface area contributed by atoms with Crippen LogP contribution in [0.25, 0.3) is 0 Å². The first-order valence-corrected chi connectivity index (χ1v) is 11.9. The molecule has 0 saturated carbocycles. The van der Waals surface area contributed by atoms with E-state index >= 15 is 0 Å². The van der Waals surface area contributed by atoms with Crippen molar-refractivity contribution in [3.63, 3.8) is 0 Å². The molecule has 1 heterocycles. The van der Waals surface area contributed by atoms with Gasteiger partial charge in [-0.15, -0.1) is 0 Å². The minimum absolute atomic E-state index is 0.129. The number of hydrogen-bond acceptors (Lipinski definition) is 6. The molecule has 27 heavy (non-hydrogen) atoms. The van der Waals surface area contributed by atoms with Crippen LogP contribution in [0.5, 0.6) is 0 Å². The monoisotopic (exact) mass is 410 g/mol. The van der Waals surface area contributed by atoms with Crippen LogP contribution in [0.15, 0.2) is 53.4 Å². The number of hydrogen-bond donors (Lipinski definition) is 3. The van der Waals surface area contributed by atoms with Gasteiger partial charge >= 0.3 is 0 Å². The first-order chi connectivity index (χ1) is 12.7. The third-order valence-electron chi connectivity index (χ3n) is 4.45. The van der Waals surface area contributed by atoms with Crippen LogP contribution in [0.4, 0.5) is 11.4 Å². The minimum atomic E-state index is -3.69. The van der Waals surface area contributed by atoms with E-state index in [4.69, 9.17) is 0 Å². The van der Waals surface area contributed by atoms with Crippen LogP contribution in [0.2, 0.25) is 0 Å². The van der Waals surface area contributed by atoms with E-state index < -0.39 is 32.0 Å². The Balaban J connectivity index is 1.68. The quantitative estimate of drug-likeness (QED) is 0.667. The number of nitrogens with one attached hydrogen (secondary N) is 2. The Hall–Kier alpha value is -2.10. The molecule has 1 saturated heterocycles. The number of rotatable bonds is 6. The van der Waals surface area contributed by atoms with E-state index in [1.165, 1.54) is 0 Å². The number of aliphatic hydroxyl groups is 1. The summed E-state index contributed by atoms with van der Waals surface area (Å²) in [7, 11) is -6.92. The molecule has 2 aromatic rings. The van der Waals surface area contributed by atoms with Crippen LogP contribution in [0.3, 0.4) is 0 Å². The molecule has 0 bridgehead atoms. The van der Waals surface area contributed by atoms with E-state index in [0.717, 1.165) is 12.0 Å². The Bertz CT molecular complexity index is 1000. The largest absolute Gasteiger partial charge is 0.390 e. The highest BCUT2D eigenvalue weighted by Crippen LogP contribution is 2.22. The molecular formula is C18H22N2O5S2. The predicted octanol–water partition coefficient (Wildman–Crippen LogP) is 1.62. The normalized spacial score (nSPS) is 21.7. The Morgan fingerprint density at radius 3 is 2.11 bits per heavy atom. The van der Waals surface area contributed by atoms with Crippen LogP contribution in [-0.4, -0.2) is 45.6 Å². The van der Waals surface area contributed by atoms with Gasteiger partial charge < -0.3 is 10.4 Å². The average molecular weight is 411 g/mol. The van der Waals surface area contributed by atoms with Gasteiger partial charge in [0, 0.05) is 11.4 Å². The lowest BCUT2D eigenvalue weighted by molar-refractivity contribution is 0.190. The van der Waals surface area contributed by atoms with Crippen LogP contribution in [0.1, 0.15) is 12.5 Å². The van der Waals surface area contributed by atoms with Crippen molar-refractivity contribution in [3.05, 3.63) is 54.1 Å². The van der Waals surface area contributed by atoms with Gasteiger partial charge in [0.15, 0.2) is 9.84 Å². The molecule has 1 aliphatic heterocycles. The molecule has 7 nitrogen and oxygen atoms in total. The number of aliphatic hydroxyl groups excluding tert-OH is 1. The summed E-state index contributed by atoms with van der Waals surface area (Å²) in [6.07, 6.45) is -0.126. The first-order valence-electron chi connectivity index (χ1n) is 8.55. The zero-order chi connectivity index (χ0) is 19.7. The van der Waals surface area contributed by atoms with Crippen LogP contribution in [0, 0.1) is 0 Å². The van der Waals surface area contributed by atoms with Crippen molar-refractivity contribution in [1.29, 1.82) is 0 Å². The van der Waals surface area contributed by atoms with Crippen molar-refractivity contribution in [3.8, 4) is 0 Å². The van der Waals surface area contributed by atoms with Crippen molar-refractivity contribution in [2.75, 3.05) is 21.5 Å². The predicted molar refractivity (Wildman–Crippen MR) is 105 cm³/mol. The fourth-order valence-electron chi connectivity index (χ4n) is 2.93. The Morgan fingerprint density at radius 2 is 1.59 bits per heavy atom. The van der Waals surface area contributed by atoms with Gasteiger partial charge in [0.05, 0.1) is 28.5 Å². The summed E-state index contributed by atoms with van der Waals surface area (Å²) >= 11 is 0. The lowest BCUT2D eigenvalue weighted by atomic mass is 10.2. The maximum atomic E-state index is 12.5. The highest BCUT2D eigenvalue weighted by atomic mass is 32.2. The summed E-state index contributed by atoms with van der Waals surface area (Å²) < 4.78 is 50.5. The molecule has 9 heteroatoms. The summed E-state index contributed by atoms with van der Waals surface area (Å²) in [4.78, 5) is 0.182. The molecule has 0 unspecified atom stereocenters. The van der Waals surface area contributed by atoms with E-state index in [-0.39, 0.29) is 16.4 Å². The standard InChI is InChI=1S/C18H22N2O5S2/c1-2-13-3-9-16(10-4-13)27(24,25)20-15-7-5-14(6-8-15)19-17-11-26(22,23)12-18(17)21/h3-10,17-21H,2,11-12H2,1H3/t17-,18-/m1/s1. The SMILES string of the molecule is CCc1ccc(S(=O)(=O)Nc2ccc(N[C@@H]3CS(=O)(=O)C[C@H]3O)cc2)cc1. The lowest BCUT2D eigenvalue weighted by Gasteiger charge is -2.16. The van der Waals surface area contributed by atoms with Gasteiger partial charge in [-0.3, -0.25) is 4.72 Å². The molecule has 2 atom stereocenters. The zero-order valence-corrected chi connectivity index (χ0v) is 16.4. The van der Waals surface area contributed by atoms with E-state index in [0.29, 0.717) is 11.4 Å². The van der Waals surface area contributed by atoms with Crippen LogP contribution < -0.4 is 10.0 Å². The molecule has 0 aliphatic carbocycles. The summed E-state index contributed by atoms with van der Waals surface area (Å²) in [6.45, 7) is 2.00. The van der Waals surface area contributed by atoms with Crippen molar-refractivity contribution in [2.24, 2.45) is 0 Å². The second-order valence-corrected chi connectivity index (χ2v) is 10.4. The Labute approximate surface area is 159 Å². The van der Waals surface area contributed by atoms with E-state index in [9.17, 15) is 21.9 Å². The van der Waals surface area contributed by atoms with E-state index in [1.54, 1.807) is 48.5 Å². The maximum absolute atomic E-state index is 12.5. The summed E-state index contributed by atoms with van der Waals surface area (Å²) in [5.41, 5.74) is 2.05. The van der Waals surface area contributed by atoms with Crippen LogP contribution >= 0.6 is 0 Å². The molecule has 1 aliphatic rings. The first kappa shape index (κ1) is 19.7. The number of anilines is 2. The number of benzene rings is 2. The molecule has 3 rings (SSSR count). The molecule has 0 spiro atoms. The second-order valence-electron chi connectivity index (χ2n) is 6.58. The maximum Gasteiger partial charge on any atom is 0.261 e. The Morgan fingerprint density at radius 1 is 1.00 bits per heavy atom. The zero-order valence-electron chi connectivity index (χ0n) is 14.8. The molecule has 2 aromatic carbocycles. The Kier molecular flexibility index (Phi) is 5.45. The van der Waals surface area contributed by atoms with E-state index in [2.05, 4.69) is 10.0 Å². The average Bonchev–Trinajstić information content (AvgIpc) is 2.88. The molecule has 146 valence electrons. The summed E-state index contributed by atoms with van der Waals surface area (Å²) in [5, 5.41) is 12.8. The van der Waals surface area contributed by atoms with Crippen molar-refractivity contribution in [2.45, 2.75) is 30.4 Å². The third-order valence-corrected chi connectivity index (χ3v) is 7.57. The van der Waals surface area contributed by atoms with Crippen molar-refractivity contribution in [1.82, 2.24) is 0 Å². The molecular weight excluding hydrogens is 388 g/mol. The smallest absolute Gasteiger partial charge is 0.261 e. The topological polar surface area (TPSA) is 113 Å². The molecule has 0 amide bonds. The molecule has 0 aromatic heterocycles. The fraction of sp³-hybridized carbons (Fsp3) is 0.333. The summed E-state index contributed by atoms with van der Waals surface area (Å²) in [5.74, 6) is -0.379. The van der Waals surface area contributed by atoms with Gasteiger partial charge in [-0.05, 0) is 48.4 Å². The summed E-state index contributed by atoms with van der Waals surface area (Å²) in [6, 6.07) is 12.6. The van der Waals surface area contributed by atoms with Gasteiger partial charge in [0.1, 0.15) is 0 Å². The van der Waals surface area contributed by atoms with Gasteiger partial charge in [-0.1, -0.05) is 19.1 Å². The van der Waals surface area contributed by atoms with E-state index in [1.807, 2.05) is 6.92 Å². The van der Waals surface area contributed by atoms with Crippen molar-refractivity contribution >= 4 is 31.2 Å². The number of sulfone groups is 1. The minimum Gasteiger partial charge on any atom is -0.390 e. The van der Waals surface area contributed by atoms with Gasteiger partial charge in [0.25, 0.3) is 10.0 Å². The van der Waals surface area contributed by atoms with Gasteiger partial charge in [0.2, 0.25) is 0 Å². The number of sulfonamides is 1. The van der Waals surface area contributed by atoms with Gasteiger partial charge in [-0.2, -0.15) is 0 Å². The van der Waals surface area contributed by atoms with Crippen molar-refractivity contribution < 1.29 is 21.9 Å². The third kappa shape index (κ3) is 4.79.